The lowest BCUT2D eigenvalue weighted by Gasteiger charge is -2.17. The van der Waals surface area contributed by atoms with E-state index in [4.69, 9.17) is 0 Å². The quantitative estimate of drug-likeness (QED) is 0.554. The summed E-state index contributed by atoms with van der Waals surface area (Å²) >= 11 is 0. The third-order valence-corrected chi connectivity index (χ3v) is 4.44. The molecule has 0 aliphatic carbocycles. The van der Waals surface area contributed by atoms with Crippen LogP contribution >= 0.6 is 0 Å². The number of nitrogens with one attached hydrogen (secondary N) is 2. The van der Waals surface area contributed by atoms with E-state index in [0.717, 1.165) is 28.1 Å². The van der Waals surface area contributed by atoms with Gasteiger partial charge >= 0.3 is 0 Å². The molecule has 0 saturated carbocycles. The van der Waals surface area contributed by atoms with Gasteiger partial charge in [0, 0.05) is 12.6 Å². The third-order valence-electron chi connectivity index (χ3n) is 4.44. The van der Waals surface area contributed by atoms with Crippen LogP contribution in [-0.4, -0.2) is 17.3 Å². The van der Waals surface area contributed by atoms with Gasteiger partial charge in [-0.25, -0.2) is 0 Å². The van der Waals surface area contributed by atoms with E-state index in [-0.39, 0.29) is 0 Å². The lowest BCUT2D eigenvalue weighted by Crippen LogP contribution is -2.32. The molecule has 0 saturated heterocycles. The predicted molar refractivity (Wildman–Crippen MR) is 99.7 cm³/mol. The average molecular weight is 333 g/mol. The van der Waals surface area contributed by atoms with Crippen LogP contribution in [0.2, 0.25) is 0 Å². The molecule has 3 aromatic carbocycles. The topological polar surface area (TPSA) is 67.8 Å². The van der Waals surface area contributed by atoms with Crippen LogP contribution in [0.5, 0.6) is 0 Å². The van der Waals surface area contributed by atoms with Crippen molar-refractivity contribution in [1.29, 1.82) is 0 Å². The highest BCUT2D eigenvalue weighted by Crippen LogP contribution is 2.39. The molecule has 0 amide bonds. The SMILES string of the molecule is CN1NNc2cc(-c3ccc(-c4ccccc4)cc3)cc(C(O)O)c21. The molecule has 25 heavy (non-hydrogen) atoms. The number of nitrogens with zero attached hydrogens (tertiary/aromatic N) is 1. The van der Waals surface area contributed by atoms with Gasteiger partial charge in [-0.15, -0.1) is 5.53 Å². The molecule has 3 aromatic rings. The molecule has 0 bridgehead atoms. The summed E-state index contributed by atoms with van der Waals surface area (Å²) in [6.45, 7) is 0. The van der Waals surface area contributed by atoms with Crippen molar-refractivity contribution < 1.29 is 10.2 Å². The molecule has 0 aromatic heterocycles. The lowest BCUT2D eigenvalue weighted by molar-refractivity contribution is -0.0420. The number of fused-ring (bicyclic) bond motifs is 1. The minimum Gasteiger partial charge on any atom is -0.364 e. The number of aliphatic hydroxyl groups is 2. The van der Waals surface area contributed by atoms with Gasteiger partial charge in [-0.3, -0.25) is 5.01 Å². The molecule has 0 unspecified atom stereocenters. The number of rotatable bonds is 3. The van der Waals surface area contributed by atoms with Gasteiger partial charge in [0.15, 0.2) is 6.29 Å². The number of aliphatic hydroxyl groups excluding tert-OH is 1. The van der Waals surface area contributed by atoms with Gasteiger partial charge in [0.05, 0.1) is 11.4 Å². The second kappa shape index (κ2) is 6.22. The summed E-state index contributed by atoms with van der Waals surface area (Å²) in [5.74, 6) is 0. The highest BCUT2D eigenvalue weighted by Gasteiger charge is 2.23. The lowest BCUT2D eigenvalue weighted by atomic mass is 9.97. The van der Waals surface area contributed by atoms with Gasteiger partial charge < -0.3 is 15.6 Å². The molecule has 126 valence electrons. The zero-order valence-corrected chi connectivity index (χ0v) is 13.8. The maximum Gasteiger partial charge on any atom is 0.180 e. The molecule has 0 atom stereocenters. The number of hydrogen-bond acceptors (Lipinski definition) is 5. The molecule has 5 heteroatoms. The third kappa shape index (κ3) is 2.85. The van der Waals surface area contributed by atoms with E-state index in [2.05, 4.69) is 35.2 Å². The van der Waals surface area contributed by atoms with Crippen molar-refractivity contribution >= 4 is 11.4 Å². The Morgan fingerprint density at radius 2 is 1.40 bits per heavy atom. The Morgan fingerprint density at radius 1 is 0.800 bits per heavy atom. The maximum atomic E-state index is 9.74. The average Bonchev–Trinajstić information content (AvgIpc) is 3.03. The molecule has 1 heterocycles. The summed E-state index contributed by atoms with van der Waals surface area (Å²) in [6, 6.07) is 22.3. The fourth-order valence-electron chi connectivity index (χ4n) is 3.18. The Kier molecular flexibility index (Phi) is 3.89. The summed E-state index contributed by atoms with van der Waals surface area (Å²) in [6.07, 6.45) is -1.54. The van der Waals surface area contributed by atoms with Gasteiger partial charge in [-0.2, -0.15) is 0 Å². The van der Waals surface area contributed by atoms with Crippen molar-refractivity contribution in [2.75, 3.05) is 17.5 Å². The van der Waals surface area contributed by atoms with E-state index in [9.17, 15) is 10.2 Å². The van der Waals surface area contributed by atoms with Crippen LogP contribution in [0.3, 0.4) is 0 Å². The molecule has 4 N–H and O–H groups in total. The molecule has 0 fully saturated rings. The van der Waals surface area contributed by atoms with Gasteiger partial charge in [0.25, 0.3) is 0 Å². The minimum atomic E-state index is -1.54. The van der Waals surface area contributed by atoms with Crippen LogP contribution < -0.4 is 16.0 Å². The van der Waals surface area contributed by atoms with Crippen LogP contribution in [0.15, 0.2) is 66.7 Å². The minimum absolute atomic E-state index is 0.458. The van der Waals surface area contributed by atoms with Crippen LogP contribution in [0, 0.1) is 0 Å². The van der Waals surface area contributed by atoms with Crippen molar-refractivity contribution in [3.05, 3.63) is 72.3 Å². The zero-order valence-electron chi connectivity index (χ0n) is 13.8. The molecule has 4 rings (SSSR count). The molecular weight excluding hydrogens is 314 g/mol. The second-order valence-corrected chi connectivity index (χ2v) is 6.07. The molecule has 0 radical (unpaired) electrons. The van der Waals surface area contributed by atoms with Gasteiger partial charge in [-0.1, -0.05) is 54.6 Å². The van der Waals surface area contributed by atoms with Crippen molar-refractivity contribution in [2.45, 2.75) is 6.29 Å². The number of anilines is 2. The first-order valence-corrected chi connectivity index (χ1v) is 8.09. The predicted octanol–water partition coefficient (Wildman–Crippen LogP) is 3.29. The monoisotopic (exact) mass is 333 g/mol. The molecule has 1 aliphatic heterocycles. The Bertz CT molecular complexity index is 893. The molecule has 1 aliphatic rings. The molecule has 0 spiro atoms. The first kappa shape index (κ1) is 15.7. The van der Waals surface area contributed by atoms with E-state index in [1.54, 1.807) is 5.01 Å². The van der Waals surface area contributed by atoms with E-state index < -0.39 is 6.29 Å². The van der Waals surface area contributed by atoms with Crippen molar-refractivity contribution in [3.8, 4) is 22.3 Å². The van der Waals surface area contributed by atoms with Gasteiger partial charge in [0.2, 0.25) is 0 Å². The summed E-state index contributed by atoms with van der Waals surface area (Å²) in [5, 5.41) is 21.2. The van der Waals surface area contributed by atoms with Crippen molar-refractivity contribution in [1.82, 2.24) is 5.53 Å². The summed E-state index contributed by atoms with van der Waals surface area (Å²) in [7, 11) is 1.82. The Balaban J connectivity index is 1.74. The fraction of sp³-hybridized carbons (Fsp3) is 0.100. The van der Waals surface area contributed by atoms with Crippen LogP contribution in [0.1, 0.15) is 11.9 Å². The number of benzene rings is 3. The zero-order chi connectivity index (χ0) is 17.4. The van der Waals surface area contributed by atoms with E-state index in [0.29, 0.717) is 5.56 Å². The van der Waals surface area contributed by atoms with Crippen molar-refractivity contribution in [3.63, 3.8) is 0 Å². The van der Waals surface area contributed by atoms with Gasteiger partial charge in [-0.05, 0) is 34.4 Å². The van der Waals surface area contributed by atoms with E-state index in [1.165, 1.54) is 5.56 Å². The highest BCUT2D eigenvalue weighted by molar-refractivity contribution is 5.83. The Morgan fingerprint density at radius 3 is 2.04 bits per heavy atom. The molecular formula is C20H19N3O2. The standard InChI is InChI=1S/C20H19N3O2/c1-23-19-17(20(24)25)11-16(12-18(19)21-22-23)15-9-7-14(8-10-15)13-5-3-2-4-6-13/h2-12,20-22,24-25H,1H3. The second-order valence-electron chi connectivity index (χ2n) is 6.07. The molecule has 5 nitrogen and oxygen atoms in total. The Labute approximate surface area is 146 Å². The summed E-state index contributed by atoms with van der Waals surface area (Å²) < 4.78 is 0. The van der Waals surface area contributed by atoms with Crippen LogP contribution in [-0.2, 0) is 0 Å². The fourth-order valence-corrected chi connectivity index (χ4v) is 3.18. The van der Waals surface area contributed by atoms with Crippen LogP contribution in [0.4, 0.5) is 11.4 Å². The first-order valence-electron chi connectivity index (χ1n) is 8.09. The maximum absolute atomic E-state index is 9.74. The van der Waals surface area contributed by atoms with Crippen molar-refractivity contribution in [2.24, 2.45) is 0 Å². The number of hydrazine groups is 2. The largest absolute Gasteiger partial charge is 0.364 e. The number of hydrogen-bond donors (Lipinski definition) is 4. The highest BCUT2D eigenvalue weighted by atomic mass is 16.5. The summed E-state index contributed by atoms with van der Waals surface area (Å²) in [5.41, 5.74) is 12.3. The normalized spacial score (nSPS) is 13.0. The van der Waals surface area contributed by atoms with E-state index in [1.807, 2.05) is 49.5 Å². The smallest absolute Gasteiger partial charge is 0.180 e. The van der Waals surface area contributed by atoms with Gasteiger partial charge in [0.1, 0.15) is 0 Å². The summed E-state index contributed by atoms with van der Waals surface area (Å²) in [4.78, 5) is 0. The van der Waals surface area contributed by atoms with E-state index >= 15 is 0 Å². The Hall–Kier alpha value is -2.86. The van der Waals surface area contributed by atoms with Crippen LogP contribution in [0.25, 0.3) is 22.3 Å². The first-order chi connectivity index (χ1) is 12.1.